The Morgan fingerprint density at radius 1 is 1.43 bits per heavy atom. The third-order valence-corrected chi connectivity index (χ3v) is 4.22. The van der Waals surface area contributed by atoms with Crippen molar-refractivity contribution in [3.8, 4) is 0 Å². The van der Waals surface area contributed by atoms with Crippen molar-refractivity contribution in [1.82, 2.24) is 9.88 Å². The van der Waals surface area contributed by atoms with Crippen molar-refractivity contribution in [2.24, 2.45) is 5.92 Å². The lowest BCUT2D eigenvalue weighted by Gasteiger charge is -2.32. The Kier molecular flexibility index (Phi) is 3.84. The van der Waals surface area contributed by atoms with Crippen LogP contribution >= 0.6 is 0 Å². The fraction of sp³-hybridized carbons (Fsp3) is 0.438. The minimum absolute atomic E-state index is 0.0346. The van der Waals surface area contributed by atoms with Crippen molar-refractivity contribution in [1.29, 1.82) is 0 Å². The molecule has 112 valence electrons. The number of hydrogen-bond donors (Lipinski definition) is 3. The summed E-state index contributed by atoms with van der Waals surface area (Å²) in [6, 6.07) is 7.45. The van der Waals surface area contributed by atoms with Crippen LogP contribution in [-0.2, 0) is 0 Å². The lowest BCUT2D eigenvalue weighted by Crippen LogP contribution is -2.40. The van der Waals surface area contributed by atoms with Gasteiger partial charge in [-0.15, -0.1) is 0 Å². The van der Waals surface area contributed by atoms with Gasteiger partial charge in [0.2, 0.25) is 0 Å². The molecule has 1 aromatic heterocycles. The van der Waals surface area contributed by atoms with Crippen LogP contribution in [0.15, 0.2) is 24.3 Å². The second kappa shape index (κ2) is 5.77. The predicted octanol–water partition coefficient (Wildman–Crippen LogP) is 1.98. The van der Waals surface area contributed by atoms with Gasteiger partial charge in [0.25, 0.3) is 5.91 Å². The SMILES string of the molecule is Nc1ccc2[nH]c(C(=O)N3CCCC(CCO)C3)cc2c1. The molecule has 0 saturated carbocycles. The van der Waals surface area contributed by atoms with Gasteiger partial charge in [0.1, 0.15) is 5.69 Å². The van der Waals surface area contributed by atoms with E-state index in [1.807, 2.05) is 29.2 Å². The smallest absolute Gasteiger partial charge is 0.270 e. The third-order valence-electron chi connectivity index (χ3n) is 4.22. The predicted molar refractivity (Wildman–Crippen MR) is 83.0 cm³/mol. The number of anilines is 1. The molecule has 0 radical (unpaired) electrons. The van der Waals surface area contributed by atoms with Crippen LogP contribution in [0, 0.1) is 5.92 Å². The van der Waals surface area contributed by atoms with Gasteiger partial charge >= 0.3 is 0 Å². The molecule has 5 heteroatoms. The van der Waals surface area contributed by atoms with E-state index >= 15 is 0 Å². The highest BCUT2D eigenvalue weighted by atomic mass is 16.3. The van der Waals surface area contributed by atoms with Gasteiger partial charge in [0.15, 0.2) is 0 Å². The summed E-state index contributed by atoms with van der Waals surface area (Å²) in [6.07, 6.45) is 2.87. The highest BCUT2D eigenvalue weighted by Gasteiger charge is 2.25. The van der Waals surface area contributed by atoms with E-state index in [1.165, 1.54) is 0 Å². The largest absolute Gasteiger partial charge is 0.399 e. The Morgan fingerprint density at radius 2 is 2.29 bits per heavy atom. The molecular formula is C16H21N3O2. The van der Waals surface area contributed by atoms with Crippen LogP contribution in [0.1, 0.15) is 29.8 Å². The highest BCUT2D eigenvalue weighted by Crippen LogP contribution is 2.23. The zero-order valence-corrected chi connectivity index (χ0v) is 12.0. The van der Waals surface area contributed by atoms with E-state index in [9.17, 15) is 4.79 Å². The average Bonchev–Trinajstić information content (AvgIpc) is 2.90. The Morgan fingerprint density at radius 3 is 3.10 bits per heavy atom. The number of nitrogens with one attached hydrogen (secondary N) is 1. The van der Waals surface area contributed by atoms with Gasteiger partial charge in [0.05, 0.1) is 0 Å². The van der Waals surface area contributed by atoms with Crippen LogP contribution in [0.2, 0.25) is 0 Å². The minimum atomic E-state index is 0.0346. The number of aromatic amines is 1. The number of fused-ring (bicyclic) bond motifs is 1. The number of hydrogen-bond acceptors (Lipinski definition) is 3. The Labute approximate surface area is 123 Å². The molecular weight excluding hydrogens is 266 g/mol. The fourth-order valence-corrected chi connectivity index (χ4v) is 3.10. The first-order chi connectivity index (χ1) is 10.2. The van der Waals surface area contributed by atoms with Crippen molar-refractivity contribution in [2.75, 3.05) is 25.4 Å². The van der Waals surface area contributed by atoms with E-state index < -0.39 is 0 Å². The molecule has 21 heavy (non-hydrogen) atoms. The number of nitrogen functional groups attached to an aromatic ring is 1. The highest BCUT2D eigenvalue weighted by molar-refractivity contribution is 5.98. The average molecular weight is 287 g/mol. The Balaban J connectivity index is 1.79. The first-order valence-electron chi connectivity index (χ1n) is 7.46. The molecule has 1 aliphatic rings. The molecule has 1 saturated heterocycles. The molecule has 2 aromatic rings. The summed E-state index contributed by atoms with van der Waals surface area (Å²) >= 11 is 0. The number of rotatable bonds is 3. The lowest BCUT2D eigenvalue weighted by atomic mass is 9.95. The molecule has 0 spiro atoms. The molecule has 0 aliphatic carbocycles. The number of amides is 1. The zero-order chi connectivity index (χ0) is 14.8. The third kappa shape index (κ3) is 2.88. The number of piperidine rings is 1. The van der Waals surface area contributed by atoms with Crippen molar-refractivity contribution in [3.63, 3.8) is 0 Å². The van der Waals surface area contributed by atoms with Gasteiger partial charge in [-0.1, -0.05) is 0 Å². The Bertz CT molecular complexity index is 648. The number of carbonyl (C=O) groups excluding carboxylic acids is 1. The van der Waals surface area contributed by atoms with E-state index in [1.54, 1.807) is 0 Å². The van der Waals surface area contributed by atoms with Crippen LogP contribution in [0.25, 0.3) is 10.9 Å². The molecule has 1 atom stereocenters. The van der Waals surface area contributed by atoms with Gasteiger partial charge < -0.3 is 20.7 Å². The molecule has 0 bridgehead atoms. The maximum Gasteiger partial charge on any atom is 0.270 e. The van der Waals surface area contributed by atoms with Crippen LogP contribution in [0.5, 0.6) is 0 Å². The summed E-state index contributed by atoms with van der Waals surface area (Å²) in [4.78, 5) is 17.7. The lowest BCUT2D eigenvalue weighted by molar-refractivity contribution is 0.0648. The van der Waals surface area contributed by atoms with E-state index in [-0.39, 0.29) is 12.5 Å². The van der Waals surface area contributed by atoms with Gasteiger partial charge in [0, 0.05) is 36.3 Å². The molecule has 1 aliphatic heterocycles. The zero-order valence-electron chi connectivity index (χ0n) is 12.0. The number of aliphatic hydroxyl groups excluding tert-OH is 1. The Hall–Kier alpha value is -2.01. The first-order valence-corrected chi connectivity index (χ1v) is 7.46. The topological polar surface area (TPSA) is 82.4 Å². The summed E-state index contributed by atoms with van der Waals surface area (Å²) in [5.74, 6) is 0.445. The minimum Gasteiger partial charge on any atom is -0.399 e. The second-order valence-corrected chi connectivity index (χ2v) is 5.80. The molecule has 1 amide bonds. The van der Waals surface area contributed by atoms with Crippen molar-refractivity contribution >= 4 is 22.5 Å². The van der Waals surface area contributed by atoms with Crippen molar-refractivity contribution in [3.05, 3.63) is 30.0 Å². The summed E-state index contributed by atoms with van der Waals surface area (Å²) in [5, 5.41) is 10.0. The first kappa shape index (κ1) is 13.9. The summed E-state index contributed by atoms with van der Waals surface area (Å²) in [5.41, 5.74) is 8.01. The van der Waals surface area contributed by atoms with Gasteiger partial charge in [-0.05, 0) is 49.4 Å². The number of nitrogens with zero attached hydrogens (tertiary/aromatic N) is 1. The number of carbonyl (C=O) groups is 1. The van der Waals surface area contributed by atoms with E-state index in [4.69, 9.17) is 10.8 Å². The summed E-state index contributed by atoms with van der Waals surface area (Å²) in [7, 11) is 0. The molecule has 1 unspecified atom stereocenters. The van der Waals surface area contributed by atoms with Gasteiger partial charge in [-0.3, -0.25) is 4.79 Å². The van der Waals surface area contributed by atoms with Crippen LogP contribution in [0.3, 0.4) is 0 Å². The number of aromatic nitrogens is 1. The van der Waals surface area contributed by atoms with E-state index in [0.717, 1.165) is 43.3 Å². The molecule has 3 rings (SSSR count). The summed E-state index contributed by atoms with van der Waals surface area (Å²) < 4.78 is 0. The number of H-pyrrole nitrogens is 1. The van der Waals surface area contributed by atoms with Crippen LogP contribution in [-0.4, -0.2) is 40.6 Å². The molecule has 2 heterocycles. The van der Waals surface area contributed by atoms with Crippen molar-refractivity contribution in [2.45, 2.75) is 19.3 Å². The molecule has 1 aromatic carbocycles. The number of nitrogens with two attached hydrogens (primary N) is 1. The second-order valence-electron chi connectivity index (χ2n) is 5.80. The van der Waals surface area contributed by atoms with E-state index in [2.05, 4.69) is 4.98 Å². The maximum atomic E-state index is 12.6. The fourth-order valence-electron chi connectivity index (χ4n) is 3.10. The quantitative estimate of drug-likeness (QED) is 0.755. The molecule has 4 N–H and O–H groups in total. The normalized spacial score (nSPS) is 19.1. The molecule has 5 nitrogen and oxygen atoms in total. The number of benzene rings is 1. The van der Waals surface area contributed by atoms with Gasteiger partial charge in [-0.2, -0.15) is 0 Å². The van der Waals surface area contributed by atoms with Crippen LogP contribution < -0.4 is 5.73 Å². The molecule has 1 fully saturated rings. The maximum absolute atomic E-state index is 12.6. The monoisotopic (exact) mass is 287 g/mol. The van der Waals surface area contributed by atoms with Crippen molar-refractivity contribution < 1.29 is 9.90 Å². The van der Waals surface area contributed by atoms with E-state index in [0.29, 0.717) is 17.3 Å². The number of likely N-dealkylation sites (tertiary alicyclic amines) is 1. The standard InChI is InChI=1S/C16H21N3O2/c17-13-3-4-14-12(8-13)9-15(18-14)16(21)19-6-1-2-11(10-19)5-7-20/h3-4,8-9,11,18,20H,1-2,5-7,10,17H2. The van der Waals surface area contributed by atoms with Gasteiger partial charge in [-0.25, -0.2) is 0 Å². The van der Waals surface area contributed by atoms with Crippen LogP contribution in [0.4, 0.5) is 5.69 Å². The number of aliphatic hydroxyl groups is 1. The summed E-state index contributed by atoms with van der Waals surface area (Å²) in [6.45, 7) is 1.72.